The predicted molar refractivity (Wildman–Crippen MR) is 102 cm³/mol. The van der Waals surface area contributed by atoms with Gasteiger partial charge in [-0.05, 0) is 19.1 Å². The fourth-order valence-electron chi connectivity index (χ4n) is 3.12. The second-order valence-corrected chi connectivity index (χ2v) is 11.3. The van der Waals surface area contributed by atoms with E-state index in [1.165, 1.54) is 18.2 Å². The smallest absolute Gasteiger partial charge is 0.386 e. The number of phosphoric acid groups is 3. The van der Waals surface area contributed by atoms with Crippen LogP contribution in [0.25, 0.3) is 5.52 Å². The summed E-state index contributed by atoms with van der Waals surface area (Å²) in [7, 11) is -17.4. The molecular weight excluding hydrogens is 532 g/mol. The van der Waals surface area contributed by atoms with Crippen LogP contribution < -0.4 is 0 Å². The maximum atomic E-state index is 15.4. The van der Waals surface area contributed by atoms with Gasteiger partial charge in [-0.15, -0.1) is 0 Å². The van der Waals surface area contributed by atoms with Crippen LogP contribution in [0.15, 0.2) is 18.5 Å². The Morgan fingerprint density at radius 3 is 2.41 bits per heavy atom. The molecule has 6 atom stereocenters. The highest BCUT2D eigenvalue weighted by Gasteiger charge is 2.66. The van der Waals surface area contributed by atoms with Gasteiger partial charge in [0.25, 0.3) is 5.85 Å². The van der Waals surface area contributed by atoms with Crippen LogP contribution in [0.3, 0.4) is 0 Å². The van der Waals surface area contributed by atoms with Gasteiger partial charge in [-0.1, -0.05) is 0 Å². The van der Waals surface area contributed by atoms with Gasteiger partial charge in [0.1, 0.15) is 31.2 Å². The van der Waals surface area contributed by atoms with Crippen molar-refractivity contribution in [3.05, 3.63) is 29.8 Å². The molecule has 0 amide bonds. The van der Waals surface area contributed by atoms with E-state index in [4.69, 9.17) is 19.4 Å². The number of aryl methyl sites for hydroxylation is 1. The van der Waals surface area contributed by atoms with E-state index in [9.17, 15) is 34.1 Å². The Labute approximate surface area is 188 Å². The number of hydrogen-bond donors (Lipinski definition) is 6. The highest BCUT2D eigenvalue weighted by molar-refractivity contribution is 7.66. The SMILES string of the molecule is Cc1ncnn2c([C@]3(C#N)O[C@](F)(COP(=O)(O)OP(=O)(O)OP(=O)(O)O)[C@@H](O)[C@H]3O)ccc12. The molecule has 1 aliphatic rings. The Hall–Kier alpha value is -1.67. The first kappa shape index (κ1) is 26.9. The molecule has 1 saturated heterocycles. The van der Waals surface area contributed by atoms with E-state index in [0.717, 1.165) is 10.8 Å². The van der Waals surface area contributed by atoms with E-state index in [-0.39, 0.29) is 5.69 Å². The summed E-state index contributed by atoms with van der Waals surface area (Å²) in [5, 5.41) is 34.3. The number of halogens is 1. The van der Waals surface area contributed by atoms with E-state index in [1.807, 2.05) is 0 Å². The Balaban J connectivity index is 1.87. The van der Waals surface area contributed by atoms with Crippen molar-refractivity contribution in [1.82, 2.24) is 14.6 Å². The van der Waals surface area contributed by atoms with E-state index in [2.05, 4.69) is 23.2 Å². The van der Waals surface area contributed by atoms with E-state index >= 15 is 4.39 Å². The maximum Gasteiger partial charge on any atom is 0.490 e. The van der Waals surface area contributed by atoms with Crippen molar-refractivity contribution >= 4 is 29.0 Å². The van der Waals surface area contributed by atoms with Crippen molar-refractivity contribution < 1.29 is 65.8 Å². The number of aliphatic hydroxyl groups excluding tert-OH is 2. The fourth-order valence-corrected chi connectivity index (χ4v) is 6.16. The van der Waals surface area contributed by atoms with E-state index in [0.29, 0.717) is 11.2 Å². The lowest BCUT2D eigenvalue weighted by Crippen LogP contribution is -2.43. The lowest BCUT2D eigenvalue weighted by Gasteiger charge is -2.26. The van der Waals surface area contributed by atoms with E-state index in [1.54, 1.807) is 6.92 Å². The summed E-state index contributed by atoms with van der Waals surface area (Å²) in [4.78, 5) is 39.6. The number of aromatic nitrogens is 3. The minimum Gasteiger partial charge on any atom is -0.386 e. The quantitative estimate of drug-likeness (QED) is 0.227. The zero-order valence-electron chi connectivity index (χ0n) is 16.6. The monoisotopic (exact) mass is 548 g/mol. The molecule has 21 heteroatoms. The molecular formula is C13H16FN4O13P3. The fraction of sp³-hybridized carbons (Fsp3) is 0.462. The van der Waals surface area contributed by atoms with Gasteiger partial charge >= 0.3 is 23.5 Å². The largest absolute Gasteiger partial charge is 0.490 e. The molecule has 2 aromatic heterocycles. The molecule has 188 valence electrons. The van der Waals surface area contributed by atoms with Gasteiger partial charge in [0.15, 0.2) is 0 Å². The number of nitriles is 1. The van der Waals surface area contributed by atoms with Crippen LogP contribution in [-0.4, -0.2) is 69.1 Å². The Bertz CT molecular complexity index is 1290. The average molecular weight is 548 g/mol. The molecule has 0 bridgehead atoms. The van der Waals surface area contributed by atoms with Gasteiger partial charge in [-0.3, -0.25) is 4.52 Å². The molecule has 0 aliphatic carbocycles. The summed E-state index contributed by atoms with van der Waals surface area (Å²) >= 11 is 0. The van der Waals surface area contributed by atoms with Crippen molar-refractivity contribution in [2.75, 3.05) is 6.61 Å². The normalized spacial score (nSPS) is 31.1. The third kappa shape index (κ3) is 5.13. The minimum atomic E-state index is -5.90. The summed E-state index contributed by atoms with van der Waals surface area (Å²) in [5.41, 5.74) is -2.11. The van der Waals surface area contributed by atoms with Crippen LogP contribution in [-0.2, 0) is 37.2 Å². The van der Waals surface area contributed by atoms with Crippen molar-refractivity contribution in [3.8, 4) is 6.07 Å². The molecule has 3 heterocycles. The molecule has 2 aromatic rings. The number of phosphoric ester groups is 1. The summed E-state index contributed by atoms with van der Waals surface area (Å²) in [6, 6.07) is 4.16. The molecule has 0 aromatic carbocycles. The minimum absolute atomic E-state index is 0.250. The second-order valence-electron chi connectivity index (χ2n) is 6.85. The molecule has 6 N–H and O–H groups in total. The van der Waals surface area contributed by atoms with Crippen LogP contribution >= 0.6 is 23.5 Å². The number of ether oxygens (including phenoxy) is 1. The molecule has 0 radical (unpaired) electrons. The average Bonchev–Trinajstić information content (AvgIpc) is 3.20. The highest BCUT2D eigenvalue weighted by Crippen LogP contribution is 2.66. The van der Waals surface area contributed by atoms with Crippen LogP contribution in [0.4, 0.5) is 4.39 Å². The Morgan fingerprint density at radius 1 is 1.18 bits per heavy atom. The second kappa shape index (κ2) is 8.77. The van der Waals surface area contributed by atoms with Crippen molar-refractivity contribution in [2.45, 2.75) is 30.6 Å². The van der Waals surface area contributed by atoms with Crippen LogP contribution in [0.1, 0.15) is 11.4 Å². The van der Waals surface area contributed by atoms with Crippen molar-refractivity contribution in [1.29, 1.82) is 5.26 Å². The predicted octanol–water partition coefficient (Wildman–Crippen LogP) is -0.482. The van der Waals surface area contributed by atoms with Gasteiger partial charge in [-0.2, -0.15) is 19.0 Å². The number of alkyl halides is 1. The van der Waals surface area contributed by atoms with E-state index < -0.39 is 53.7 Å². The topological polar surface area (TPSA) is 263 Å². The van der Waals surface area contributed by atoms with Gasteiger partial charge in [0.2, 0.25) is 5.60 Å². The molecule has 0 spiro atoms. The number of rotatable bonds is 8. The first-order valence-electron chi connectivity index (χ1n) is 8.70. The molecule has 1 fully saturated rings. The summed E-state index contributed by atoms with van der Waals surface area (Å²) in [5.74, 6) is -3.58. The number of hydrogen-bond acceptors (Lipinski definition) is 12. The van der Waals surface area contributed by atoms with Crippen LogP contribution in [0.2, 0.25) is 0 Å². The van der Waals surface area contributed by atoms with Crippen LogP contribution in [0, 0.1) is 18.3 Å². The third-order valence-electron chi connectivity index (χ3n) is 4.52. The molecule has 3 rings (SSSR count). The summed E-state index contributed by atoms with van der Waals surface area (Å²) in [6.45, 7) is -0.182. The number of aliphatic hydroxyl groups is 2. The Kier molecular flexibility index (Phi) is 6.94. The zero-order chi connectivity index (χ0) is 25.7. The molecule has 2 unspecified atom stereocenters. The lowest BCUT2D eigenvalue weighted by atomic mass is 9.92. The van der Waals surface area contributed by atoms with Gasteiger partial charge in [0, 0.05) is 0 Å². The first-order chi connectivity index (χ1) is 15.5. The van der Waals surface area contributed by atoms with Gasteiger partial charge in [0.05, 0.1) is 16.9 Å². The molecule has 0 saturated carbocycles. The highest BCUT2D eigenvalue weighted by atomic mass is 31.3. The van der Waals surface area contributed by atoms with Crippen molar-refractivity contribution in [2.24, 2.45) is 0 Å². The van der Waals surface area contributed by atoms with Crippen molar-refractivity contribution in [3.63, 3.8) is 0 Å². The summed E-state index contributed by atoms with van der Waals surface area (Å²) < 4.78 is 66.5. The molecule has 34 heavy (non-hydrogen) atoms. The van der Waals surface area contributed by atoms with Gasteiger partial charge < -0.3 is 34.5 Å². The number of nitrogens with zero attached hydrogens (tertiary/aromatic N) is 4. The summed E-state index contributed by atoms with van der Waals surface area (Å²) in [6.07, 6.45) is -3.79. The third-order valence-corrected chi connectivity index (χ3v) is 8.30. The van der Waals surface area contributed by atoms with Crippen LogP contribution in [0.5, 0.6) is 0 Å². The maximum absolute atomic E-state index is 15.4. The lowest BCUT2D eigenvalue weighted by molar-refractivity contribution is -0.209. The number of fused-ring (bicyclic) bond motifs is 1. The first-order valence-corrected chi connectivity index (χ1v) is 13.2. The molecule has 17 nitrogen and oxygen atoms in total. The van der Waals surface area contributed by atoms with Gasteiger partial charge in [-0.25, -0.2) is 27.6 Å². The Morgan fingerprint density at radius 2 is 1.82 bits per heavy atom. The zero-order valence-corrected chi connectivity index (χ0v) is 19.3. The standard InChI is InChI=1S/C13H16FN4O13P3/c1-7-8-2-3-9(18(8)17-6-16-7)12(4-15)10(19)11(20)13(14,29-12)5-28-33(24,25)31-34(26,27)30-32(21,22)23/h2-3,6,10-11,19-20H,5H2,1H3,(H,24,25)(H,26,27)(H2,21,22,23)/t10-,11+,12+,13-/m1/s1. The molecule has 1 aliphatic heterocycles.